The highest BCUT2D eigenvalue weighted by atomic mass is 15.1. The van der Waals surface area contributed by atoms with E-state index in [9.17, 15) is 0 Å². The molecule has 2 heterocycles. The van der Waals surface area contributed by atoms with Gasteiger partial charge >= 0.3 is 0 Å². The highest BCUT2D eigenvalue weighted by Gasteiger charge is 2.24. The Bertz CT molecular complexity index is 552. The number of fused-ring (bicyclic) bond motifs is 1. The summed E-state index contributed by atoms with van der Waals surface area (Å²) >= 11 is 0. The molecule has 4 nitrogen and oxygen atoms in total. The number of benzene rings is 1. The highest BCUT2D eigenvalue weighted by Crippen LogP contribution is 2.29. The zero-order chi connectivity index (χ0) is 13.2. The minimum absolute atomic E-state index is 0.589. The van der Waals surface area contributed by atoms with Crippen LogP contribution in [0.25, 0.3) is 11.0 Å². The number of rotatable bonds is 3. The van der Waals surface area contributed by atoms with E-state index in [0.29, 0.717) is 5.92 Å². The highest BCUT2D eigenvalue weighted by molar-refractivity contribution is 5.75. The number of piperidine rings is 1. The molecule has 19 heavy (non-hydrogen) atoms. The van der Waals surface area contributed by atoms with Gasteiger partial charge in [0.2, 0.25) is 0 Å². The Morgan fingerprint density at radius 1 is 1.26 bits per heavy atom. The van der Waals surface area contributed by atoms with Crippen LogP contribution in [0, 0.1) is 0 Å². The number of likely N-dealkylation sites (tertiary alicyclic amines) is 1. The van der Waals surface area contributed by atoms with Gasteiger partial charge in [-0.15, -0.1) is 0 Å². The zero-order valence-electron chi connectivity index (χ0n) is 11.5. The van der Waals surface area contributed by atoms with Gasteiger partial charge in [-0.25, -0.2) is 4.98 Å². The molecule has 0 amide bonds. The van der Waals surface area contributed by atoms with Gasteiger partial charge in [0.1, 0.15) is 5.82 Å². The maximum atomic E-state index is 5.62. The average Bonchev–Trinajstić information content (AvgIpc) is 2.78. The molecule has 102 valence electrons. The molecular formula is C15H22N4. The Morgan fingerprint density at radius 3 is 2.68 bits per heavy atom. The van der Waals surface area contributed by atoms with Crippen molar-refractivity contribution >= 4 is 11.0 Å². The topological polar surface area (TPSA) is 47.1 Å². The molecule has 1 aliphatic rings. The number of aromatic nitrogens is 2. The van der Waals surface area contributed by atoms with Crippen molar-refractivity contribution in [2.24, 2.45) is 12.8 Å². The zero-order valence-corrected chi connectivity index (χ0v) is 11.5. The lowest BCUT2D eigenvalue weighted by Gasteiger charge is -2.31. The summed E-state index contributed by atoms with van der Waals surface area (Å²) in [6.45, 7) is 4.07. The van der Waals surface area contributed by atoms with Gasteiger partial charge in [-0.2, -0.15) is 0 Å². The van der Waals surface area contributed by atoms with E-state index in [-0.39, 0.29) is 0 Å². The summed E-state index contributed by atoms with van der Waals surface area (Å²) in [7, 11) is 2.14. The van der Waals surface area contributed by atoms with Crippen LogP contribution in [0.4, 0.5) is 0 Å². The lowest BCUT2D eigenvalue weighted by molar-refractivity contribution is 0.213. The van der Waals surface area contributed by atoms with Gasteiger partial charge in [0.05, 0.1) is 11.0 Å². The van der Waals surface area contributed by atoms with E-state index in [1.807, 2.05) is 0 Å². The molecule has 0 radical (unpaired) electrons. The quantitative estimate of drug-likeness (QED) is 0.911. The molecule has 1 aromatic heterocycles. The number of nitrogens with two attached hydrogens (primary N) is 1. The molecule has 0 saturated carbocycles. The summed E-state index contributed by atoms with van der Waals surface area (Å²) in [6, 6.07) is 8.39. The second-order valence-corrected chi connectivity index (χ2v) is 5.42. The van der Waals surface area contributed by atoms with Crippen molar-refractivity contribution in [2.45, 2.75) is 18.8 Å². The Labute approximate surface area is 114 Å². The van der Waals surface area contributed by atoms with E-state index in [1.165, 1.54) is 24.2 Å². The average molecular weight is 258 g/mol. The van der Waals surface area contributed by atoms with Crippen LogP contribution in [-0.2, 0) is 7.05 Å². The maximum Gasteiger partial charge on any atom is 0.112 e. The van der Waals surface area contributed by atoms with E-state index >= 15 is 0 Å². The third kappa shape index (κ3) is 2.38. The fourth-order valence-corrected chi connectivity index (χ4v) is 3.13. The van der Waals surface area contributed by atoms with Crippen LogP contribution in [0.15, 0.2) is 24.3 Å². The molecule has 2 N–H and O–H groups in total. The maximum absolute atomic E-state index is 5.62. The first-order chi connectivity index (χ1) is 9.29. The van der Waals surface area contributed by atoms with Gasteiger partial charge in [-0.05, 0) is 38.1 Å². The summed E-state index contributed by atoms with van der Waals surface area (Å²) in [4.78, 5) is 7.28. The van der Waals surface area contributed by atoms with E-state index in [2.05, 4.69) is 40.8 Å². The van der Waals surface area contributed by atoms with E-state index < -0.39 is 0 Å². The van der Waals surface area contributed by atoms with Gasteiger partial charge in [0.25, 0.3) is 0 Å². The molecule has 3 rings (SSSR count). The molecule has 0 spiro atoms. The molecule has 1 saturated heterocycles. The van der Waals surface area contributed by atoms with Gasteiger partial charge in [0.15, 0.2) is 0 Å². The molecule has 0 bridgehead atoms. The molecule has 0 atom stereocenters. The fraction of sp³-hybridized carbons (Fsp3) is 0.533. The largest absolute Gasteiger partial charge is 0.331 e. The van der Waals surface area contributed by atoms with Crippen LogP contribution in [-0.4, -0.2) is 40.6 Å². The minimum Gasteiger partial charge on any atom is -0.331 e. The summed E-state index contributed by atoms with van der Waals surface area (Å²) < 4.78 is 2.26. The van der Waals surface area contributed by atoms with E-state index in [1.54, 1.807) is 0 Å². The van der Waals surface area contributed by atoms with Crippen LogP contribution in [0.5, 0.6) is 0 Å². The normalized spacial score (nSPS) is 18.2. The smallest absolute Gasteiger partial charge is 0.112 e. The van der Waals surface area contributed by atoms with Crippen molar-refractivity contribution < 1.29 is 0 Å². The Balaban J connectivity index is 1.80. The number of hydrogen-bond acceptors (Lipinski definition) is 3. The lowest BCUT2D eigenvalue weighted by atomic mass is 9.96. The third-order valence-corrected chi connectivity index (χ3v) is 4.22. The summed E-state index contributed by atoms with van der Waals surface area (Å²) in [5.41, 5.74) is 7.98. The number of aryl methyl sites for hydroxylation is 1. The van der Waals surface area contributed by atoms with Gasteiger partial charge < -0.3 is 15.2 Å². The van der Waals surface area contributed by atoms with Gasteiger partial charge in [-0.3, -0.25) is 0 Å². The molecule has 4 heteroatoms. The number of hydrogen-bond donors (Lipinski definition) is 1. The first-order valence-electron chi connectivity index (χ1n) is 7.13. The summed E-state index contributed by atoms with van der Waals surface area (Å²) in [5.74, 6) is 1.83. The van der Waals surface area contributed by atoms with Crippen LogP contribution in [0.3, 0.4) is 0 Å². The second kappa shape index (κ2) is 5.31. The predicted octanol–water partition coefficient (Wildman–Crippen LogP) is 1.71. The Kier molecular flexibility index (Phi) is 3.53. The van der Waals surface area contributed by atoms with Crippen molar-refractivity contribution in [3.63, 3.8) is 0 Å². The van der Waals surface area contributed by atoms with E-state index in [4.69, 9.17) is 10.7 Å². The first-order valence-corrected chi connectivity index (χ1v) is 7.13. The SMILES string of the molecule is Cn1c(C2CCN(CCN)CC2)nc2ccccc21. The second-order valence-electron chi connectivity index (χ2n) is 5.42. The first kappa shape index (κ1) is 12.6. The van der Waals surface area contributed by atoms with Gasteiger partial charge in [0, 0.05) is 26.1 Å². The van der Waals surface area contributed by atoms with Crippen molar-refractivity contribution in [2.75, 3.05) is 26.2 Å². The molecule has 1 aliphatic heterocycles. The Hall–Kier alpha value is -1.39. The Morgan fingerprint density at radius 2 is 2.00 bits per heavy atom. The summed E-state index contributed by atoms with van der Waals surface area (Å²) in [5, 5.41) is 0. The number of para-hydroxylation sites is 2. The minimum atomic E-state index is 0.589. The van der Waals surface area contributed by atoms with Crippen molar-refractivity contribution in [1.29, 1.82) is 0 Å². The van der Waals surface area contributed by atoms with Crippen molar-refractivity contribution in [3.8, 4) is 0 Å². The van der Waals surface area contributed by atoms with Crippen molar-refractivity contribution in [1.82, 2.24) is 14.5 Å². The third-order valence-electron chi connectivity index (χ3n) is 4.22. The number of imidazole rings is 1. The predicted molar refractivity (Wildman–Crippen MR) is 78.2 cm³/mol. The summed E-state index contributed by atoms with van der Waals surface area (Å²) in [6.07, 6.45) is 2.38. The van der Waals surface area contributed by atoms with Crippen LogP contribution < -0.4 is 5.73 Å². The number of nitrogens with zero attached hydrogens (tertiary/aromatic N) is 3. The van der Waals surface area contributed by atoms with Crippen molar-refractivity contribution in [3.05, 3.63) is 30.1 Å². The molecule has 2 aromatic rings. The van der Waals surface area contributed by atoms with Crippen LogP contribution >= 0.6 is 0 Å². The van der Waals surface area contributed by atoms with Gasteiger partial charge in [-0.1, -0.05) is 12.1 Å². The molecule has 1 aromatic carbocycles. The van der Waals surface area contributed by atoms with Crippen LogP contribution in [0.2, 0.25) is 0 Å². The fourth-order valence-electron chi connectivity index (χ4n) is 3.13. The molecule has 0 aliphatic carbocycles. The molecule has 1 fully saturated rings. The monoisotopic (exact) mass is 258 g/mol. The standard InChI is InChI=1S/C15H22N4/c1-18-14-5-3-2-4-13(14)17-15(18)12-6-9-19(10-7-12)11-8-16/h2-5,12H,6-11,16H2,1H3. The molecular weight excluding hydrogens is 236 g/mol. The molecule has 0 unspecified atom stereocenters. The van der Waals surface area contributed by atoms with E-state index in [0.717, 1.165) is 31.7 Å². The van der Waals surface area contributed by atoms with Crippen LogP contribution in [0.1, 0.15) is 24.6 Å². The lowest BCUT2D eigenvalue weighted by Crippen LogP contribution is -2.36.